The van der Waals surface area contributed by atoms with E-state index in [9.17, 15) is 9.59 Å². The number of hydrogen-bond donors (Lipinski definition) is 2. The Hall–Kier alpha value is -4.28. The van der Waals surface area contributed by atoms with Crippen LogP contribution in [0.25, 0.3) is 0 Å². The fourth-order valence-electron chi connectivity index (χ4n) is 4.05. The molecule has 0 saturated heterocycles. The van der Waals surface area contributed by atoms with Crippen molar-refractivity contribution >= 4 is 23.6 Å². The Morgan fingerprint density at radius 2 is 1.81 bits per heavy atom. The van der Waals surface area contributed by atoms with Crippen LogP contribution in [0.4, 0.5) is 4.79 Å². The fraction of sp³-hybridized carbons (Fsp3) is 0.179. The molecule has 0 aromatic heterocycles. The van der Waals surface area contributed by atoms with Crippen molar-refractivity contribution in [3.05, 3.63) is 111 Å². The first-order valence-electron chi connectivity index (χ1n) is 11.3. The molecular weight excluding hydrogens is 478 g/mol. The number of urea groups is 1. The first-order valence-corrected chi connectivity index (χ1v) is 11.7. The highest BCUT2D eigenvalue weighted by molar-refractivity contribution is 6.30. The second-order valence-electron chi connectivity index (χ2n) is 8.22. The minimum absolute atomic E-state index is 0.0166. The van der Waals surface area contributed by atoms with Crippen molar-refractivity contribution in [1.82, 2.24) is 10.6 Å². The molecule has 4 rings (SSSR count). The molecule has 1 heterocycles. The molecule has 3 aromatic rings. The summed E-state index contributed by atoms with van der Waals surface area (Å²) in [5.74, 6) is 0.155. The minimum Gasteiger partial charge on any atom is -0.497 e. The van der Waals surface area contributed by atoms with Crippen LogP contribution in [0.2, 0.25) is 5.02 Å². The van der Waals surface area contributed by atoms with Crippen molar-refractivity contribution in [2.75, 3.05) is 7.11 Å². The Labute approximate surface area is 214 Å². The van der Waals surface area contributed by atoms with E-state index in [1.807, 2.05) is 24.3 Å². The summed E-state index contributed by atoms with van der Waals surface area (Å²) in [6.07, 6.45) is 0.960. The number of amides is 2. The van der Waals surface area contributed by atoms with Gasteiger partial charge >= 0.3 is 12.0 Å². The van der Waals surface area contributed by atoms with Gasteiger partial charge in [-0.25, -0.2) is 9.59 Å². The number of esters is 1. The molecule has 0 spiro atoms. The predicted molar refractivity (Wildman–Crippen MR) is 135 cm³/mol. The van der Waals surface area contributed by atoms with Gasteiger partial charge in [-0.1, -0.05) is 48.0 Å². The lowest BCUT2D eigenvalue weighted by molar-refractivity contribution is -0.140. The molecule has 2 N–H and O–H groups in total. The van der Waals surface area contributed by atoms with Gasteiger partial charge in [0.2, 0.25) is 0 Å². The number of nitrogens with zero attached hydrogens (tertiary/aromatic N) is 1. The highest BCUT2D eigenvalue weighted by atomic mass is 35.5. The first-order chi connectivity index (χ1) is 17.5. The summed E-state index contributed by atoms with van der Waals surface area (Å²) in [6.45, 7) is -0.0166. The zero-order valence-electron chi connectivity index (χ0n) is 19.6. The molecular formula is C28H24ClN3O4. The van der Waals surface area contributed by atoms with Gasteiger partial charge in [0.05, 0.1) is 30.4 Å². The van der Waals surface area contributed by atoms with E-state index < -0.39 is 18.0 Å². The summed E-state index contributed by atoms with van der Waals surface area (Å²) in [5.41, 5.74) is 3.60. The van der Waals surface area contributed by atoms with Crippen LogP contribution >= 0.6 is 11.6 Å². The molecule has 8 heteroatoms. The maximum atomic E-state index is 13.4. The number of methoxy groups -OCH3 is 1. The number of benzene rings is 3. The number of aryl methyl sites for hydroxylation is 1. The summed E-state index contributed by atoms with van der Waals surface area (Å²) < 4.78 is 11.0. The molecule has 182 valence electrons. The molecule has 1 unspecified atom stereocenters. The third-order valence-corrected chi connectivity index (χ3v) is 6.01. The van der Waals surface area contributed by atoms with Gasteiger partial charge in [-0.3, -0.25) is 0 Å². The molecule has 0 aliphatic carbocycles. The Kier molecular flexibility index (Phi) is 7.89. The topological polar surface area (TPSA) is 100 Å². The summed E-state index contributed by atoms with van der Waals surface area (Å²) in [4.78, 5) is 26.0. The molecule has 1 aliphatic heterocycles. The number of carbonyl (C=O) groups is 2. The maximum absolute atomic E-state index is 13.4. The third-order valence-electron chi connectivity index (χ3n) is 5.78. The van der Waals surface area contributed by atoms with Crippen LogP contribution in [-0.2, 0) is 22.6 Å². The van der Waals surface area contributed by atoms with Crippen molar-refractivity contribution in [2.45, 2.75) is 25.5 Å². The van der Waals surface area contributed by atoms with Crippen LogP contribution in [0.1, 0.15) is 34.7 Å². The standard InChI is InChI=1S/C28H24ClN3O4/c1-35-23-10-3-5-18(14-23)11-12-24-25(27(33)36-17-20-7-2-6-19(13-20)16-30)26(32-28(34)31-24)21-8-4-9-22(29)15-21/h2-10,13-15,26H,11-12,17H2,1H3,(H2,31,32,34). The van der Waals surface area contributed by atoms with Crippen molar-refractivity contribution in [2.24, 2.45) is 0 Å². The SMILES string of the molecule is COc1cccc(CCC2=C(C(=O)OCc3cccc(C#N)c3)C(c3cccc(Cl)c3)NC(=O)N2)c1. The van der Waals surface area contributed by atoms with Gasteiger partial charge in [0.25, 0.3) is 0 Å². The number of nitrogens with one attached hydrogen (secondary N) is 2. The molecule has 36 heavy (non-hydrogen) atoms. The Morgan fingerprint density at radius 3 is 2.58 bits per heavy atom. The highest BCUT2D eigenvalue weighted by Gasteiger charge is 2.33. The van der Waals surface area contributed by atoms with E-state index in [-0.39, 0.29) is 6.61 Å². The number of allylic oxidation sites excluding steroid dienone is 1. The lowest BCUT2D eigenvalue weighted by Crippen LogP contribution is -2.46. The van der Waals surface area contributed by atoms with Gasteiger partial charge in [-0.2, -0.15) is 5.26 Å². The van der Waals surface area contributed by atoms with E-state index in [0.717, 1.165) is 11.3 Å². The van der Waals surface area contributed by atoms with E-state index in [2.05, 4.69) is 16.7 Å². The van der Waals surface area contributed by atoms with Gasteiger partial charge in [0, 0.05) is 10.7 Å². The predicted octanol–water partition coefficient (Wildman–Crippen LogP) is 5.20. The largest absolute Gasteiger partial charge is 0.497 e. The summed E-state index contributed by atoms with van der Waals surface area (Å²) in [6, 6.07) is 22.4. The summed E-state index contributed by atoms with van der Waals surface area (Å²) >= 11 is 6.20. The Balaban J connectivity index is 1.65. The van der Waals surface area contributed by atoms with Crippen LogP contribution in [-0.4, -0.2) is 19.1 Å². The number of hydrogen-bond acceptors (Lipinski definition) is 5. The second kappa shape index (κ2) is 11.4. The minimum atomic E-state index is -0.740. The Bertz CT molecular complexity index is 1360. The van der Waals surface area contributed by atoms with Crippen molar-refractivity contribution < 1.29 is 19.1 Å². The molecule has 0 saturated carbocycles. The number of nitriles is 1. The molecule has 3 aromatic carbocycles. The zero-order valence-corrected chi connectivity index (χ0v) is 20.3. The van der Waals surface area contributed by atoms with Crippen LogP contribution in [0, 0.1) is 11.3 Å². The molecule has 2 amide bonds. The van der Waals surface area contributed by atoms with Crippen LogP contribution in [0.3, 0.4) is 0 Å². The Morgan fingerprint density at radius 1 is 1.03 bits per heavy atom. The van der Waals surface area contributed by atoms with E-state index in [0.29, 0.717) is 45.8 Å². The van der Waals surface area contributed by atoms with Gasteiger partial charge in [0.1, 0.15) is 12.4 Å². The molecule has 1 atom stereocenters. The zero-order chi connectivity index (χ0) is 25.5. The number of carbonyl (C=O) groups excluding carboxylic acids is 2. The lowest BCUT2D eigenvalue weighted by Gasteiger charge is -2.29. The average molecular weight is 502 g/mol. The van der Waals surface area contributed by atoms with Crippen LogP contribution in [0.5, 0.6) is 5.75 Å². The summed E-state index contributed by atoms with van der Waals surface area (Å²) in [7, 11) is 1.60. The van der Waals surface area contributed by atoms with E-state index in [1.54, 1.807) is 55.6 Å². The number of ether oxygens (including phenoxy) is 2. The van der Waals surface area contributed by atoms with E-state index in [1.165, 1.54) is 0 Å². The monoisotopic (exact) mass is 501 g/mol. The average Bonchev–Trinajstić information content (AvgIpc) is 2.90. The van der Waals surface area contributed by atoms with Gasteiger partial charge in [0.15, 0.2) is 0 Å². The normalized spacial score (nSPS) is 14.9. The molecule has 1 aliphatic rings. The molecule has 0 fully saturated rings. The van der Waals surface area contributed by atoms with Crippen molar-refractivity contribution in [3.63, 3.8) is 0 Å². The van der Waals surface area contributed by atoms with Gasteiger partial charge in [-0.05, 0) is 65.9 Å². The van der Waals surface area contributed by atoms with Gasteiger partial charge in [-0.15, -0.1) is 0 Å². The van der Waals surface area contributed by atoms with Crippen LogP contribution < -0.4 is 15.4 Å². The van der Waals surface area contributed by atoms with Crippen molar-refractivity contribution in [1.29, 1.82) is 5.26 Å². The quantitative estimate of drug-likeness (QED) is 0.413. The fourth-order valence-corrected chi connectivity index (χ4v) is 4.25. The summed E-state index contributed by atoms with van der Waals surface area (Å²) in [5, 5.41) is 15.2. The van der Waals surface area contributed by atoms with Crippen molar-refractivity contribution in [3.8, 4) is 11.8 Å². The second-order valence-corrected chi connectivity index (χ2v) is 8.65. The number of halogens is 1. The third kappa shape index (κ3) is 6.04. The van der Waals surface area contributed by atoms with Gasteiger partial charge < -0.3 is 20.1 Å². The van der Waals surface area contributed by atoms with Crippen LogP contribution in [0.15, 0.2) is 84.1 Å². The first kappa shape index (κ1) is 24.8. The maximum Gasteiger partial charge on any atom is 0.338 e. The smallest absolute Gasteiger partial charge is 0.338 e. The van der Waals surface area contributed by atoms with E-state index >= 15 is 0 Å². The van der Waals surface area contributed by atoms with E-state index in [4.69, 9.17) is 26.3 Å². The molecule has 7 nitrogen and oxygen atoms in total. The molecule has 0 bridgehead atoms. The lowest BCUT2D eigenvalue weighted by atomic mass is 9.93. The number of rotatable bonds is 8. The molecule has 0 radical (unpaired) electrons. The highest BCUT2D eigenvalue weighted by Crippen LogP contribution is 2.31.